The van der Waals surface area contributed by atoms with Crippen LogP contribution >= 0.6 is 0 Å². The minimum Gasteiger partial charge on any atom is -0.508 e. The van der Waals surface area contributed by atoms with Gasteiger partial charge in [0, 0.05) is 25.5 Å². The highest BCUT2D eigenvalue weighted by molar-refractivity contribution is 6.25. The molecule has 1 fully saturated rings. The number of aliphatic hydroxyl groups is 3. The van der Waals surface area contributed by atoms with E-state index in [-0.39, 0.29) is 40.5 Å². The molecule has 12 heteroatoms. The highest BCUT2D eigenvalue weighted by Gasteiger charge is 2.65. The van der Waals surface area contributed by atoms with Gasteiger partial charge in [-0.1, -0.05) is 0 Å². The maximum absolute atomic E-state index is 14.4. The van der Waals surface area contributed by atoms with E-state index >= 15 is 0 Å². The number of benzene rings is 2. The molecule has 0 spiro atoms. The average Bonchev–Trinajstić information content (AvgIpc) is 2.83. The number of fused-ring (bicyclic) bond motifs is 3. The molecule has 6 N–H and O–H groups in total. The Labute approximate surface area is 221 Å². The molecule has 2 aliphatic carbocycles. The lowest BCUT2D eigenvalue weighted by Crippen LogP contribution is -2.65. The molecule has 0 bridgehead atoms. The highest BCUT2D eigenvalue weighted by Crippen LogP contribution is 2.52. The van der Waals surface area contributed by atoms with Gasteiger partial charge in [-0.3, -0.25) is 14.4 Å². The molecule has 12 nitrogen and oxygen atoms in total. The molecule has 1 saturated heterocycles. The van der Waals surface area contributed by atoms with Gasteiger partial charge in [-0.25, -0.2) is 0 Å². The molecule has 2 aromatic carbocycles. The molecule has 0 aromatic heterocycles. The van der Waals surface area contributed by atoms with E-state index in [1.54, 1.807) is 0 Å². The van der Waals surface area contributed by atoms with Crippen molar-refractivity contribution in [1.82, 2.24) is 0 Å². The Kier molecular flexibility index (Phi) is 6.43. The third-order valence-electron chi connectivity index (χ3n) is 7.84. The van der Waals surface area contributed by atoms with Crippen LogP contribution in [0.15, 0.2) is 29.5 Å². The van der Waals surface area contributed by atoms with E-state index in [2.05, 4.69) is 0 Å². The van der Waals surface area contributed by atoms with Gasteiger partial charge in [0.05, 0.1) is 23.2 Å². The van der Waals surface area contributed by atoms with Crippen LogP contribution in [0.25, 0.3) is 10.8 Å². The van der Waals surface area contributed by atoms with Gasteiger partial charge in [0.15, 0.2) is 23.5 Å². The van der Waals surface area contributed by atoms with Crippen LogP contribution in [0.3, 0.4) is 0 Å². The predicted molar refractivity (Wildman–Crippen MR) is 131 cm³/mol. The van der Waals surface area contributed by atoms with Gasteiger partial charge >= 0.3 is 0 Å². The van der Waals surface area contributed by atoms with Gasteiger partial charge in [-0.05, 0) is 43.4 Å². The summed E-state index contributed by atoms with van der Waals surface area (Å²) in [5, 5.41) is 63.6. The monoisotopic (exact) mass is 544 g/mol. The molecule has 5 rings (SSSR count). The molecule has 0 amide bonds. The first-order valence-electron chi connectivity index (χ1n) is 12.3. The van der Waals surface area contributed by atoms with Crippen LogP contribution in [-0.2, 0) is 30.2 Å². The largest absolute Gasteiger partial charge is 0.508 e. The minimum absolute atomic E-state index is 0.153. The molecule has 0 saturated carbocycles. The Hall–Kier alpha value is -3.55. The number of aromatic hydroxyl groups is 3. The van der Waals surface area contributed by atoms with E-state index in [0.717, 1.165) is 13.0 Å². The van der Waals surface area contributed by atoms with Crippen molar-refractivity contribution in [2.45, 2.75) is 63.0 Å². The summed E-state index contributed by atoms with van der Waals surface area (Å²) in [6, 6.07) is 3.70. The number of hydrogen-bond donors (Lipinski definition) is 6. The van der Waals surface area contributed by atoms with E-state index < -0.39 is 82.4 Å². The summed E-state index contributed by atoms with van der Waals surface area (Å²) in [5.41, 5.74) is -3.33. The second kappa shape index (κ2) is 9.28. The van der Waals surface area contributed by atoms with Crippen LogP contribution in [0.1, 0.15) is 36.2 Å². The molecule has 39 heavy (non-hydrogen) atoms. The summed E-state index contributed by atoms with van der Waals surface area (Å²) in [6.45, 7) is 2.49. The van der Waals surface area contributed by atoms with E-state index in [0.29, 0.717) is 0 Å². The first kappa shape index (κ1) is 27.0. The Balaban J connectivity index is 1.78. The number of hydrogen-bond acceptors (Lipinski definition) is 12. The third-order valence-corrected chi connectivity index (χ3v) is 7.84. The molecule has 208 valence electrons. The van der Waals surface area contributed by atoms with Gasteiger partial charge in [-0.15, -0.1) is 0 Å². The van der Waals surface area contributed by atoms with Crippen molar-refractivity contribution in [2.24, 2.45) is 5.92 Å². The summed E-state index contributed by atoms with van der Waals surface area (Å²) >= 11 is 0. The van der Waals surface area contributed by atoms with Gasteiger partial charge < -0.3 is 44.8 Å². The van der Waals surface area contributed by atoms with E-state index in [1.165, 1.54) is 26.2 Å². The summed E-state index contributed by atoms with van der Waals surface area (Å²) < 4.78 is 17.2. The summed E-state index contributed by atoms with van der Waals surface area (Å²) in [4.78, 5) is 40.2. The number of phenolic OH excluding ortho intramolecular Hbond substituents is 3. The van der Waals surface area contributed by atoms with Gasteiger partial charge in [0.1, 0.15) is 40.8 Å². The molecule has 2 aromatic rings. The number of methoxy groups -OCH3 is 1. The zero-order valence-electron chi connectivity index (χ0n) is 21.2. The molecule has 3 aliphatic rings. The van der Waals surface area contributed by atoms with Crippen LogP contribution < -0.4 is 0 Å². The number of carbonyl (C=O) groups is 3. The Morgan fingerprint density at radius 1 is 1.10 bits per heavy atom. The molecular weight excluding hydrogens is 516 g/mol. The quantitative estimate of drug-likeness (QED) is 0.298. The maximum atomic E-state index is 14.4. The van der Waals surface area contributed by atoms with Crippen molar-refractivity contribution < 1.29 is 59.2 Å². The fourth-order valence-corrected chi connectivity index (χ4v) is 6.04. The number of phenols is 3. The number of rotatable bonds is 4. The lowest BCUT2D eigenvalue weighted by molar-refractivity contribution is -0.281. The van der Waals surface area contributed by atoms with Gasteiger partial charge in [-0.2, -0.15) is 0 Å². The lowest BCUT2D eigenvalue weighted by Gasteiger charge is -2.50. The first-order chi connectivity index (χ1) is 18.3. The molecule has 7 atom stereocenters. The standard InChI is InChI=1S/C27H28O12/c1-9(28)18-23(34)24(37-3)14-6-12-4-11-5-13(29)7-15(30)19(11)22(33)20(12)26(36)27(14,25(18)35)39-17-8-16(31)21(32)10(2)38-17/h4-5,7,10,14,16-17,21,24,29-33,35H,6,8H2,1-3H3. The fourth-order valence-electron chi connectivity index (χ4n) is 6.04. The molecule has 7 unspecified atom stereocenters. The van der Waals surface area contributed by atoms with Gasteiger partial charge in [0.25, 0.3) is 0 Å². The van der Waals surface area contributed by atoms with Crippen molar-refractivity contribution in [1.29, 1.82) is 0 Å². The molecule has 1 aliphatic heterocycles. The maximum Gasteiger partial charge on any atom is 0.207 e. The van der Waals surface area contributed by atoms with Crippen molar-refractivity contribution in [2.75, 3.05) is 7.11 Å². The molecule has 1 heterocycles. The van der Waals surface area contributed by atoms with Crippen LogP contribution in [0, 0.1) is 5.92 Å². The van der Waals surface area contributed by atoms with Crippen molar-refractivity contribution >= 4 is 28.1 Å². The Bertz CT molecular complexity index is 1430. The highest BCUT2D eigenvalue weighted by atomic mass is 16.7. The second-order valence-electron chi connectivity index (χ2n) is 10.2. The lowest BCUT2D eigenvalue weighted by atomic mass is 9.62. The number of aliphatic hydroxyl groups excluding tert-OH is 3. The first-order valence-corrected chi connectivity index (χ1v) is 12.3. The van der Waals surface area contributed by atoms with Crippen LogP contribution in [0.4, 0.5) is 0 Å². The number of ether oxygens (including phenoxy) is 3. The summed E-state index contributed by atoms with van der Waals surface area (Å²) in [6.07, 6.45) is -6.85. The third kappa shape index (κ3) is 3.82. The second-order valence-corrected chi connectivity index (χ2v) is 10.2. The zero-order chi connectivity index (χ0) is 28.5. The minimum atomic E-state index is -2.48. The van der Waals surface area contributed by atoms with Crippen molar-refractivity contribution in [3.05, 3.63) is 40.7 Å². The van der Waals surface area contributed by atoms with Gasteiger partial charge in [0.2, 0.25) is 5.78 Å². The van der Waals surface area contributed by atoms with Crippen molar-refractivity contribution in [3.8, 4) is 17.2 Å². The van der Waals surface area contributed by atoms with Crippen LogP contribution in [-0.4, -0.2) is 91.4 Å². The fraction of sp³-hybridized carbons (Fsp3) is 0.444. The summed E-state index contributed by atoms with van der Waals surface area (Å²) in [7, 11) is 1.20. The van der Waals surface area contributed by atoms with E-state index in [4.69, 9.17) is 14.2 Å². The average molecular weight is 545 g/mol. The topological polar surface area (TPSA) is 200 Å². The smallest absolute Gasteiger partial charge is 0.207 e. The van der Waals surface area contributed by atoms with E-state index in [9.17, 15) is 45.0 Å². The Morgan fingerprint density at radius 2 is 1.79 bits per heavy atom. The number of Topliss-reactive ketones (excluding diaryl/α,β-unsaturated/α-hetero) is 3. The molecule has 0 radical (unpaired) electrons. The number of carbonyl (C=O) groups excluding carboxylic acids is 3. The predicted octanol–water partition coefficient (Wildman–Crippen LogP) is 0.923. The number of ketones is 3. The normalized spacial score (nSPS) is 32.7. The zero-order valence-corrected chi connectivity index (χ0v) is 21.2. The van der Waals surface area contributed by atoms with Crippen molar-refractivity contribution in [3.63, 3.8) is 0 Å². The molecular formula is C27H28O12. The summed E-state index contributed by atoms with van der Waals surface area (Å²) in [5.74, 6) is -6.48. The van der Waals surface area contributed by atoms with E-state index in [1.807, 2.05) is 0 Å². The Morgan fingerprint density at radius 3 is 2.41 bits per heavy atom. The van der Waals surface area contributed by atoms with Crippen LogP contribution in [0.2, 0.25) is 0 Å². The SMILES string of the molecule is COC1C(=O)C(C(C)=O)=C(O)C2(OC3CC(O)C(O)C(C)O3)C(=O)c3c(cc4cc(O)cc(O)c4c3O)CC12. The van der Waals surface area contributed by atoms with Crippen LogP contribution in [0.5, 0.6) is 17.2 Å².